The highest BCUT2D eigenvalue weighted by atomic mass is 15.0. The van der Waals surface area contributed by atoms with Crippen molar-refractivity contribution in [2.24, 2.45) is 0 Å². The average Bonchev–Trinajstić information content (AvgIpc) is 4.15. The first kappa shape index (κ1) is 39.4. The van der Waals surface area contributed by atoms with E-state index in [4.69, 9.17) is 4.98 Å². The second-order valence-corrected chi connectivity index (χ2v) is 18.9. The Labute approximate surface area is 410 Å². The zero-order chi connectivity index (χ0) is 46.8. The summed E-state index contributed by atoms with van der Waals surface area (Å²) in [6, 6.07) is 88.1. The number of nitriles is 1. The Hall–Kier alpha value is -9.56. The molecule has 4 nitrogen and oxygen atoms in total. The molecule has 328 valence electrons. The van der Waals surface area contributed by atoms with Gasteiger partial charge >= 0.3 is 0 Å². The Kier molecular flexibility index (Phi) is 8.31. The summed E-state index contributed by atoms with van der Waals surface area (Å²) >= 11 is 0. The molecule has 3 aromatic heterocycles. The van der Waals surface area contributed by atoms with Crippen molar-refractivity contribution < 1.29 is 0 Å². The van der Waals surface area contributed by atoms with Crippen molar-refractivity contribution in [3.8, 4) is 73.1 Å². The highest BCUT2D eigenvalue weighted by molar-refractivity contribution is 6.13. The van der Waals surface area contributed by atoms with Crippen molar-refractivity contribution in [1.29, 1.82) is 5.26 Å². The molecule has 0 aliphatic heterocycles. The number of hydrogen-bond donors (Lipinski definition) is 0. The van der Waals surface area contributed by atoms with Gasteiger partial charge in [0.25, 0.3) is 0 Å². The molecule has 1 spiro atoms. The fourth-order valence-electron chi connectivity index (χ4n) is 12.5. The van der Waals surface area contributed by atoms with Crippen molar-refractivity contribution in [3.05, 3.63) is 271 Å². The zero-order valence-electron chi connectivity index (χ0n) is 38.4. The Morgan fingerprint density at radius 3 is 1.31 bits per heavy atom. The molecule has 0 amide bonds. The fourth-order valence-corrected chi connectivity index (χ4v) is 12.5. The molecule has 71 heavy (non-hydrogen) atoms. The zero-order valence-corrected chi connectivity index (χ0v) is 38.4. The smallest absolute Gasteiger partial charge is 0.104 e. The average molecular weight is 901 g/mol. The molecule has 3 heterocycles. The SMILES string of the molecule is N#Cc1c(-n2c3ccccc3c3cc(-c4ccccc4)ccc32)cc(-c2ccnc3c2-c2ccccc2C32c3ccccc3-c3ccccc32)cc1-n1c2ccccc2c2cc(-c3ccccc3)ccc21. The lowest BCUT2D eigenvalue weighted by Gasteiger charge is -2.29. The predicted molar refractivity (Wildman–Crippen MR) is 290 cm³/mol. The lowest BCUT2D eigenvalue weighted by Crippen LogP contribution is -2.27. The third kappa shape index (κ3) is 5.40. The van der Waals surface area contributed by atoms with Crippen molar-refractivity contribution in [2.45, 2.75) is 5.41 Å². The quantitative estimate of drug-likeness (QED) is 0.173. The maximum atomic E-state index is 11.9. The van der Waals surface area contributed by atoms with Gasteiger partial charge in [0.2, 0.25) is 0 Å². The van der Waals surface area contributed by atoms with E-state index in [1.54, 1.807) is 0 Å². The third-order valence-corrected chi connectivity index (χ3v) is 15.4. The first-order valence-electron chi connectivity index (χ1n) is 24.3. The number of nitrogens with zero attached hydrogens (tertiary/aromatic N) is 4. The van der Waals surface area contributed by atoms with Gasteiger partial charge in [-0.15, -0.1) is 0 Å². The summed E-state index contributed by atoms with van der Waals surface area (Å²) in [5, 5.41) is 16.4. The van der Waals surface area contributed by atoms with Gasteiger partial charge < -0.3 is 9.13 Å². The second-order valence-electron chi connectivity index (χ2n) is 18.9. The van der Waals surface area contributed by atoms with Crippen molar-refractivity contribution >= 4 is 43.6 Å². The normalized spacial score (nSPS) is 12.9. The van der Waals surface area contributed by atoms with Crippen LogP contribution in [-0.2, 0) is 5.41 Å². The van der Waals surface area contributed by atoms with Crippen LogP contribution in [0.4, 0.5) is 0 Å². The minimum Gasteiger partial charge on any atom is -0.308 e. The Balaban J connectivity index is 1.07. The minimum absolute atomic E-state index is 0.583. The molecule has 2 aliphatic rings. The summed E-state index contributed by atoms with van der Waals surface area (Å²) in [6.45, 7) is 0. The molecule has 0 N–H and O–H groups in total. The summed E-state index contributed by atoms with van der Waals surface area (Å²) in [4.78, 5) is 5.44. The molecular formula is C67H40N4. The summed E-state index contributed by atoms with van der Waals surface area (Å²) in [6.07, 6.45) is 2.00. The molecule has 10 aromatic carbocycles. The second kappa shape index (κ2) is 15.0. The number of benzene rings is 10. The van der Waals surface area contributed by atoms with E-state index in [1.807, 2.05) is 6.20 Å². The number of aromatic nitrogens is 3. The molecule has 2 aliphatic carbocycles. The molecule has 0 fully saturated rings. The Morgan fingerprint density at radius 2 is 0.789 bits per heavy atom. The van der Waals surface area contributed by atoms with E-state index >= 15 is 0 Å². The van der Waals surface area contributed by atoms with Gasteiger partial charge in [-0.25, -0.2) is 0 Å². The molecule has 0 atom stereocenters. The van der Waals surface area contributed by atoms with E-state index < -0.39 is 5.41 Å². The van der Waals surface area contributed by atoms with Crippen molar-refractivity contribution in [1.82, 2.24) is 14.1 Å². The molecule has 0 unspecified atom stereocenters. The van der Waals surface area contributed by atoms with E-state index in [0.29, 0.717) is 5.56 Å². The van der Waals surface area contributed by atoms with Crippen LogP contribution in [0.5, 0.6) is 0 Å². The molecule has 4 heteroatoms. The van der Waals surface area contributed by atoms with Crippen LogP contribution in [0.3, 0.4) is 0 Å². The van der Waals surface area contributed by atoms with E-state index in [0.717, 1.165) is 99.6 Å². The van der Waals surface area contributed by atoms with Gasteiger partial charge in [-0.1, -0.05) is 182 Å². The van der Waals surface area contributed by atoms with Crippen LogP contribution in [-0.4, -0.2) is 14.1 Å². The molecular weight excluding hydrogens is 861 g/mol. The lowest BCUT2D eigenvalue weighted by atomic mass is 9.72. The van der Waals surface area contributed by atoms with E-state index in [1.165, 1.54) is 33.4 Å². The van der Waals surface area contributed by atoms with E-state index in [-0.39, 0.29) is 0 Å². The van der Waals surface area contributed by atoms with Crippen LogP contribution in [0, 0.1) is 11.3 Å². The molecule has 13 aromatic rings. The lowest BCUT2D eigenvalue weighted by molar-refractivity contribution is 0.760. The number of hydrogen-bond acceptors (Lipinski definition) is 2. The van der Waals surface area contributed by atoms with E-state index in [9.17, 15) is 5.26 Å². The topological polar surface area (TPSA) is 46.5 Å². The van der Waals surface area contributed by atoms with Crippen molar-refractivity contribution in [2.75, 3.05) is 0 Å². The highest BCUT2D eigenvalue weighted by Crippen LogP contribution is 2.63. The first-order valence-corrected chi connectivity index (χ1v) is 24.3. The predicted octanol–water partition coefficient (Wildman–Crippen LogP) is 16.5. The van der Waals surface area contributed by atoms with Crippen LogP contribution in [0.2, 0.25) is 0 Å². The molecule has 0 bridgehead atoms. The van der Waals surface area contributed by atoms with Gasteiger partial charge in [0.1, 0.15) is 11.6 Å². The summed E-state index contributed by atoms with van der Waals surface area (Å²) in [5.74, 6) is 0. The number of fused-ring (bicyclic) bond motifs is 16. The van der Waals surface area contributed by atoms with Gasteiger partial charge in [-0.2, -0.15) is 5.26 Å². The Morgan fingerprint density at radius 1 is 0.352 bits per heavy atom. The van der Waals surface area contributed by atoms with Crippen molar-refractivity contribution in [3.63, 3.8) is 0 Å². The number of para-hydroxylation sites is 2. The van der Waals surface area contributed by atoms with Gasteiger partial charge in [0.15, 0.2) is 0 Å². The largest absolute Gasteiger partial charge is 0.308 e. The third-order valence-electron chi connectivity index (χ3n) is 15.4. The number of pyridine rings is 1. The van der Waals surface area contributed by atoms with Crippen LogP contribution in [0.15, 0.2) is 243 Å². The van der Waals surface area contributed by atoms with Crippen LogP contribution >= 0.6 is 0 Å². The van der Waals surface area contributed by atoms with Gasteiger partial charge in [-0.05, 0) is 121 Å². The maximum absolute atomic E-state index is 11.9. The van der Waals surface area contributed by atoms with Crippen LogP contribution in [0.25, 0.3) is 111 Å². The standard InChI is InChI=1S/C67H40N4/c68-41-55-63(70-59-29-15-10-23-50(59)53-37-44(31-33-61(53)70)42-17-3-1-4-18-42)39-46(40-64(55)71-60-30-16-11-24-51(60)54-38-45(32-34-62(54)71)43-19-5-2-6-20-43)47-35-36-69-66-65(47)52-25-9-14-28-58(52)67(66)56-26-12-7-21-48(56)49-22-8-13-27-57(49)67/h1-40H. The monoisotopic (exact) mass is 900 g/mol. The Bertz CT molecular complexity index is 4190. The van der Waals surface area contributed by atoms with Crippen LogP contribution < -0.4 is 0 Å². The molecule has 0 saturated carbocycles. The fraction of sp³-hybridized carbons (Fsp3) is 0.0149. The molecule has 0 radical (unpaired) electrons. The van der Waals surface area contributed by atoms with E-state index in [2.05, 4.69) is 252 Å². The molecule has 0 saturated heterocycles. The molecule has 15 rings (SSSR count). The summed E-state index contributed by atoms with van der Waals surface area (Å²) < 4.78 is 4.65. The van der Waals surface area contributed by atoms with Gasteiger partial charge in [0.05, 0.1) is 44.6 Å². The maximum Gasteiger partial charge on any atom is 0.104 e. The highest BCUT2D eigenvalue weighted by Gasteiger charge is 2.53. The summed E-state index contributed by atoms with van der Waals surface area (Å²) in [7, 11) is 0. The first-order chi connectivity index (χ1) is 35.2. The van der Waals surface area contributed by atoms with Crippen LogP contribution in [0.1, 0.15) is 27.9 Å². The summed E-state index contributed by atoms with van der Waals surface area (Å²) in [5.41, 5.74) is 21.9. The van der Waals surface area contributed by atoms with Gasteiger partial charge in [-0.3, -0.25) is 4.98 Å². The minimum atomic E-state index is -0.611. The number of rotatable bonds is 5. The van der Waals surface area contributed by atoms with Gasteiger partial charge in [0, 0.05) is 33.3 Å².